The van der Waals surface area contributed by atoms with Crippen molar-refractivity contribution in [1.29, 1.82) is 0 Å². The quantitative estimate of drug-likeness (QED) is 0.622. The summed E-state index contributed by atoms with van der Waals surface area (Å²) in [5.41, 5.74) is 0. The molecule has 2 unspecified atom stereocenters. The second-order valence-corrected chi connectivity index (χ2v) is 6.32. The number of morpholine rings is 1. The van der Waals surface area contributed by atoms with Crippen molar-refractivity contribution in [3.63, 3.8) is 0 Å². The predicted molar refractivity (Wildman–Crippen MR) is 85.7 cm³/mol. The highest BCUT2D eigenvalue weighted by molar-refractivity contribution is 5.80. The Morgan fingerprint density at radius 2 is 2.10 bits per heavy atom. The van der Waals surface area contributed by atoms with Gasteiger partial charge in [0, 0.05) is 32.8 Å². The van der Waals surface area contributed by atoms with Gasteiger partial charge in [-0.05, 0) is 32.1 Å². The molecule has 2 rings (SSSR count). The van der Waals surface area contributed by atoms with Gasteiger partial charge in [0.2, 0.25) is 0 Å². The highest BCUT2D eigenvalue weighted by Gasteiger charge is 2.32. The molecular formula is C16H31N3O2. The summed E-state index contributed by atoms with van der Waals surface area (Å²) in [4.78, 5) is 7.11. The standard InChI is InChI=1S/C16H31N3O2/c1-4-17-16(18-8-7-13(2)3)19-9-11-21-15(12-19)14-6-5-10-20-14/h13-15H,4-12H2,1-3H3,(H,17,18). The Balaban J connectivity index is 1.91. The lowest BCUT2D eigenvalue weighted by Gasteiger charge is -2.37. The number of aliphatic imine (C=N–C) groups is 1. The van der Waals surface area contributed by atoms with E-state index in [1.165, 1.54) is 0 Å². The van der Waals surface area contributed by atoms with Crippen molar-refractivity contribution in [3.8, 4) is 0 Å². The van der Waals surface area contributed by atoms with E-state index >= 15 is 0 Å². The molecular weight excluding hydrogens is 266 g/mol. The number of guanidine groups is 1. The van der Waals surface area contributed by atoms with Crippen LogP contribution in [-0.2, 0) is 9.47 Å². The summed E-state index contributed by atoms with van der Waals surface area (Å²) in [6, 6.07) is 0. The van der Waals surface area contributed by atoms with E-state index in [0.29, 0.717) is 5.92 Å². The molecule has 2 aliphatic rings. The van der Waals surface area contributed by atoms with Gasteiger partial charge in [0.05, 0.1) is 12.7 Å². The highest BCUT2D eigenvalue weighted by Crippen LogP contribution is 2.21. The molecule has 0 aliphatic carbocycles. The summed E-state index contributed by atoms with van der Waals surface area (Å²) in [7, 11) is 0. The van der Waals surface area contributed by atoms with E-state index in [1.807, 2.05) is 0 Å². The van der Waals surface area contributed by atoms with Gasteiger partial charge in [-0.15, -0.1) is 0 Å². The van der Waals surface area contributed by atoms with Crippen molar-refractivity contribution >= 4 is 5.96 Å². The SMILES string of the molecule is CCNC(=NCCC(C)C)N1CCOC(C2CCCO2)C1. The summed E-state index contributed by atoms with van der Waals surface area (Å²) in [6.45, 7) is 11.8. The van der Waals surface area contributed by atoms with E-state index < -0.39 is 0 Å². The van der Waals surface area contributed by atoms with E-state index in [-0.39, 0.29) is 12.2 Å². The molecule has 0 radical (unpaired) electrons. The summed E-state index contributed by atoms with van der Waals surface area (Å²) in [5, 5.41) is 3.42. The monoisotopic (exact) mass is 297 g/mol. The first-order chi connectivity index (χ1) is 10.2. The molecule has 5 nitrogen and oxygen atoms in total. The smallest absolute Gasteiger partial charge is 0.194 e. The first kappa shape index (κ1) is 16.6. The maximum absolute atomic E-state index is 5.91. The highest BCUT2D eigenvalue weighted by atomic mass is 16.5. The van der Waals surface area contributed by atoms with E-state index in [0.717, 1.165) is 64.6 Å². The van der Waals surface area contributed by atoms with Crippen molar-refractivity contribution < 1.29 is 9.47 Å². The average molecular weight is 297 g/mol. The Hall–Kier alpha value is -0.810. The molecule has 2 saturated heterocycles. The normalized spacial score (nSPS) is 27.4. The fourth-order valence-electron chi connectivity index (χ4n) is 2.84. The summed E-state index contributed by atoms with van der Waals surface area (Å²) < 4.78 is 11.7. The summed E-state index contributed by atoms with van der Waals surface area (Å²) >= 11 is 0. The van der Waals surface area contributed by atoms with Crippen molar-refractivity contribution in [1.82, 2.24) is 10.2 Å². The van der Waals surface area contributed by atoms with Crippen LogP contribution >= 0.6 is 0 Å². The van der Waals surface area contributed by atoms with E-state index in [4.69, 9.17) is 14.5 Å². The van der Waals surface area contributed by atoms with Crippen LogP contribution in [0, 0.1) is 5.92 Å². The molecule has 0 aromatic rings. The number of nitrogens with zero attached hydrogens (tertiary/aromatic N) is 2. The molecule has 0 aromatic carbocycles. The minimum atomic E-state index is 0.190. The third-order valence-electron chi connectivity index (χ3n) is 4.08. The second kappa shape index (κ2) is 8.59. The first-order valence-corrected chi connectivity index (χ1v) is 8.47. The fraction of sp³-hybridized carbons (Fsp3) is 0.938. The van der Waals surface area contributed by atoms with Gasteiger partial charge in [0.25, 0.3) is 0 Å². The van der Waals surface area contributed by atoms with Crippen LogP contribution in [0.15, 0.2) is 4.99 Å². The Morgan fingerprint density at radius 1 is 1.29 bits per heavy atom. The molecule has 2 aliphatic heterocycles. The van der Waals surface area contributed by atoms with Crippen LogP contribution < -0.4 is 5.32 Å². The van der Waals surface area contributed by atoms with Crippen molar-refractivity contribution in [3.05, 3.63) is 0 Å². The Labute approximate surface area is 129 Å². The van der Waals surface area contributed by atoms with Crippen LogP contribution in [-0.4, -0.2) is 62.5 Å². The van der Waals surface area contributed by atoms with Crippen LogP contribution in [0.1, 0.15) is 40.0 Å². The van der Waals surface area contributed by atoms with Crippen molar-refractivity contribution in [2.75, 3.05) is 39.4 Å². The molecule has 0 spiro atoms. The zero-order chi connectivity index (χ0) is 15.1. The molecule has 122 valence electrons. The lowest BCUT2D eigenvalue weighted by atomic mass is 10.1. The molecule has 2 heterocycles. The zero-order valence-electron chi connectivity index (χ0n) is 13.8. The van der Waals surface area contributed by atoms with Crippen LogP contribution in [0.5, 0.6) is 0 Å². The molecule has 0 bridgehead atoms. The lowest BCUT2D eigenvalue weighted by molar-refractivity contribution is -0.0817. The number of ether oxygens (including phenoxy) is 2. The Bertz CT molecular complexity index is 327. The Morgan fingerprint density at radius 3 is 2.76 bits per heavy atom. The van der Waals surface area contributed by atoms with Crippen molar-refractivity contribution in [2.45, 2.75) is 52.2 Å². The second-order valence-electron chi connectivity index (χ2n) is 6.32. The minimum Gasteiger partial charge on any atom is -0.375 e. The van der Waals surface area contributed by atoms with Gasteiger partial charge < -0.3 is 19.7 Å². The zero-order valence-corrected chi connectivity index (χ0v) is 13.8. The topological polar surface area (TPSA) is 46.1 Å². The molecule has 2 fully saturated rings. The van der Waals surface area contributed by atoms with Crippen LogP contribution in [0.4, 0.5) is 0 Å². The maximum Gasteiger partial charge on any atom is 0.194 e. The summed E-state index contributed by atoms with van der Waals surface area (Å²) in [5.74, 6) is 1.73. The van der Waals surface area contributed by atoms with Gasteiger partial charge in [-0.25, -0.2) is 0 Å². The third-order valence-corrected chi connectivity index (χ3v) is 4.08. The van der Waals surface area contributed by atoms with Gasteiger partial charge in [-0.1, -0.05) is 13.8 Å². The average Bonchev–Trinajstić information content (AvgIpc) is 3.00. The lowest BCUT2D eigenvalue weighted by Crippen LogP contribution is -2.53. The third kappa shape index (κ3) is 5.15. The van der Waals surface area contributed by atoms with Crippen LogP contribution in [0.3, 0.4) is 0 Å². The molecule has 0 aromatic heterocycles. The molecule has 1 N–H and O–H groups in total. The fourth-order valence-corrected chi connectivity index (χ4v) is 2.84. The van der Waals surface area contributed by atoms with Crippen LogP contribution in [0.25, 0.3) is 0 Å². The van der Waals surface area contributed by atoms with Gasteiger partial charge >= 0.3 is 0 Å². The molecule has 5 heteroatoms. The van der Waals surface area contributed by atoms with Gasteiger partial charge in [0.15, 0.2) is 5.96 Å². The van der Waals surface area contributed by atoms with Gasteiger partial charge in [-0.2, -0.15) is 0 Å². The number of hydrogen-bond acceptors (Lipinski definition) is 3. The molecule has 21 heavy (non-hydrogen) atoms. The van der Waals surface area contributed by atoms with Crippen LogP contribution in [0.2, 0.25) is 0 Å². The number of rotatable bonds is 5. The van der Waals surface area contributed by atoms with Gasteiger partial charge in [-0.3, -0.25) is 4.99 Å². The number of nitrogens with one attached hydrogen (secondary N) is 1. The predicted octanol–water partition coefficient (Wildman–Crippen LogP) is 1.88. The minimum absolute atomic E-state index is 0.190. The molecule has 2 atom stereocenters. The van der Waals surface area contributed by atoms with Gasteiger partial charge in [0.1, 0.15) is 6.10 Å². The van der Waals surface area contributed by atoms with E-state index in [9.17, 15) is 0 Å². The van der Waals surface area contributed by atoms with E-state index in [2.05, 4.69) is 31.0 Å². The first-order valence-electron chi connectivity index (χ1n) is 8.47. The summed E-state index contributed by atoms with van der Waals surface area (Å²) in [6.07, 6.45) is 3.88. The van der Waals surface area contributed by atoms with Crippen molar-refractivity contribution in [2.24, 2.45) is 10.9 Å². The molecule has 0 saturated carbocycles. The van der Waals surface area contributed by atoms with E-state index in [1.54, 1.807) is 0 Å². The largest absolute Gasteiger partial charge is 0.375 e. The maximum atomic E-state index is 5.91. The number of hydrogen-bond donors (Lipinski definition) is 1. The Kier molecular flexibility index (Phi) is 6.77. The molecule has 0 amide bonds.